The smallest absolute Gasteiger partial charge is 0.287 e. The Morgan fingerprint density at radius 3 is 2.91 bits per heavy atom. The van der Waals surface area contributed by atoms with Gasteiger partial charge < -0.3 is 19.4 Å². The number of furan rings is 1. The second kappa shape index (κ2) is 8.21. The lowest BCUT2D eigenvalue weighted by Crippen LogP contribution is -2.32. The van der Waals surface area contributed by atoms with Gasteiger partial charge in [0.2, 0.25) is 0 Å². The van der Waals surface area contributed by atoms with Gasteiger partial charge in [0.25, 0.3) is 5.91 Å². The summed E-state index contributed by atoms with van der Waals surface area (Å²) >= 11 is 1.54. The second-order valence-electron chi connectivity index (χ2n) is 5.87. The molecule has 0 aliphatic rings. The molecule has 7 heteroatoms. The number of rotatable bonds is 8. The van der Waals surface area contributed by atoms with Crippen molar-refractivity contribution in [3.63, 3.8) is 0 Å². The molecule has 0 aliphatic heterocycles. The van der Waals surface area contributed by atoms with Crippen LogP contribution in [0.4, 0.5) is 0 Å². The van der Waals surface area contributed by atoms with Gasteiger partial charge in [-0.2, -0.15) is 0 Å². The van der Waals surface area contributed by atoms with E-state index in [1.54, 1.807) is 30.1 Å². The molecule has 0 saturated heterocycles. The number of amides is 1. The third-order valence-corrected chi connectivity index (χ3v) is 4.33. The predicted octanol–water partition coefficient (Wildman–Crippen LogP) is 2.44. The number of thioether (sulfide) groups is 1. The molecular formula is C16H23N3O3S. The van der Waals surface area contributed by atoms with Crippen LogP contribution in [0.3, 0.4) is 0 Å². The maximum Gasteiger partial charge on any atom is 0.287 e. The van der Waals surface area contributed by atoms with Crippen molar-refractivity contribution in [2.75, 3.05) is 6.54 Å². The van der Waals surface area contributed by atoms with Crippen LogP contribution >= 0.6 is 11.8 Å². The molecule has 0 spiro atoms. The summed E-state index contributed by atoms with van der Waals surface area (Å²) in [5.41, 5.74) is 0. The molecule has 2 rings (SSSR count). The van der Waals surface area contributed by atoms with E-state index in [0.717, 1.165) is 5.16 Å². The van der Waals surface area contributed by atoms with Gasteiger partial charge in [0.1, 0.15) is 5.76 Å². The normalized spacial score (nSPS) is 12.6. The van der Waals surface area contributed by atoms with E-state index >= 15 is 0 Å². The molecule has 6 nitrogen and oxygen atoms in total. The Balaban J connectivity index is 1.81. The van der Waals surface area contributed by atoms with Crippen LogP contribution in [0.25, 0.3) is 0 Å². The Hall–Kier alpha value is -1.73. The number of aliphatic hydroxyl groups is 1. The monoisotopic (exact) mass is 337 g/mol. The largest absolute Gasteiger partial charge is 0.455 e. The van der Waals surface area contributed by atoms with E-state index in [-0.39, 0.29) is 18.2 Å². The van der Waals surface area contributed by atoms with E-state index in [2.05, 4.69) is 10.3 Å². The fraction of sp³-hybridized carbons (Fsp3) is 0.500. The highest BCUT2D eigenvalue weighted by Gasteiger charge is 2.14. The summed E-state index contributed by atoms with van der Waals surface area (Å²) in [6, 6.07) is 3.44. The average molecular weight is 337 g/mol. The predicted molar refractivity (Wildman–Crippen MR) is 89.3 cm³/mol. The number of aromatic nitrogens is 2. The average Bonchev–Trinajstić information content (AvgIpc) is 3.11. The zero-order chi connectivity index (χ0) is 16.8. The summed E-state index contributed by atoms with van der Waals surface area (Å²) in [7, 11) is 1.93. The molecule has 2 aromatic heterocycles. The van der Waals surface area contributed by atoms with Gasteiger partial charge in [-0.1, -0.05) is 25.6 Å². The van der Waals surface area contributed by atoms with Crippen molar-refractivity contribution in [3.8, 4) is 0 Å². The van der Waals surface area contributed by atoms with Crippen molar-refractivity contribution < 1.29 is 14.3 Å². The third kappa shape index (κ3) is 5.44. The van der Waals surface area contributed by atoms with Gasteiger partial charge in [-0.3, -0.25) is 4.79 Å². The molecule has 0 aliphatic carbocycles. The summed E-state index contributed by atoms with van der Waals surface area (Å²) < 4.78 is 7.47. The molecule has 126 valence electrons. The number of aryl methyl sites for hydroxylation is 1. The van der Waals surface area contributed by atoms with Crippen molar-refractivity contribution in [1.29, 1.82) is 0 Å². The maximum absolute atomic E-state index is 12.0. The zero-order valence-electron chi connectivity index (χ0n) is 13.7. The Morgan fingerprint density at radius 1 is 1.48 bits per heavy atom. The molecule has 0 bridgehead atoms. The summed E-state index contributed by atoms with van der Waals surface area (Å²) in [6.07, 6.45) is 3.74. The fourth-order valence-electron chi connectivity index (χ4n) is 2.13. The van der Waals surface area contributed by atoms with Crippen molar-refractivity contribution in [1.82, 2.24) is 14.9 Å². The molecular weight excluding hydrogens is 314 g/mol. The number of carbonyl (C=O) groups is 1. The summed E-state index contributed by atoms with van der Waals surface area (Å²) in [5, 5.41) is 13.4. The molecule has 0 fully saturated rings. The van der Waals surface area contributed by atoms with Gasteiger partial charge in [-0.15, -0.1) is 0 Å². The van der Waals surface area contributed by atoms with Crippen LogP contribution in [0, 0.1) is 5.92 Å². The molecule has 2 aromatic rings. The highest BCUT2D eigenvalue weighted by Crippen LogP contribution is 2.21. The molecule has 23 heavy (non-hydrogen) atoms. The van der Waals surface area contributed by atoms with E-state index in [4.69, 9.17) is 4.42 Å². The topological polar surface area (TPSA) is 80.3 Å². The molecule has 0 aromatic carbocycles. The van der Waals surface area contributed by atoms with Crippen LogP contribution in [0.2, 0.25) is 0 Å². The lowest BCUT2D eigenvalue weighted by Gasteiger charge is -2.13. The standard InChI is InChI=1S/C16H23N3O3S/c1-11(2)8-12(20)9-18-15(21)14-5-4-13(22-14)10-23-16-17-6-7-19(16)3/h4-7,11-12,20H,8-10H2,1-3H3,(H,18,21). The number of hydrogen-bond donors (Lipinski definition) is 2. The minimum absolute atomic E-state index is 0.231. The highest BCUT2D eigenvalue weighted by molar-refractivity contribution is 7.98. The molecule has 1 unspecified atom stereocenters. The first-order valence-corrected chi connectivity index (χ1v) is 8.59. The van der Waals surface area contributed by atoms with Gasteiger partial charge >= 0.3 is 0 Å². The van der Waals surface area contributed by atoms with Gasteiger partial charge in [0.15, 0.2) is 10.9 Å². The van der Waals surface area contributed by atoms with E-state index < -0.39 is 6.10 Å². The molecule has 0 saturated carbocycles. The number of hydrogen-bond acceptors (Lipinski definition) is 5. The Morgan fingerprint density at radius 2 is 2.26 bits per heavy atom. The minimum atomic E-state index is -0.535. The maximum atomic E-state index is 12.0. The van der Waals surface area contributed by atoms with Crippen LogP contribution in [0.15, 0.2) is 34.1 Å². The number of nitrogens with one attached hydrogen (secondary N) is 1. The van der Waals surface area contributed by atoms with Gasteiger partial charge in [-0.05, 0) is 24.5 Å². The lowest BCUT2D eigenvalue weighted by atomic mass is 10.1. The first-order chi connectivity index (χ1) is 11.0. The van der Waals surface area contributed by atoms with Crippen LogP contribution in [0.1, 0.15) is 36.6 Å². The van der Waals surface area contributed by atoms with Crippen molar-refractivity contribution in [2.45, 2.75) is 37.3 Å². The van der Waals surface area contributed by atoms with Crippen LogP contribution < -0.4 is 5.32 Å². The van der Waals surface area contributed by atoms with Gasteiger partial charge in [-0.25, -0.2) is 4.98 Å². The Labute approximate surface area is 140 Å². The third-order valence-electron chi connectivity index (χ3n) is 3.25. The number of nitrogens with zero attached hydrogens (tertiary/aromatic N) is 2. The zero-order valence-corrected chi connectivity index (χ0v) is 14.5. The number of imidazole rings is 1. The van der Waals surface area contributed by atoms with Crippen LogP contribution in [0.5, 0.6) is 0 Å². The minimum Gasteiger partial charge on any atom is -0.455 e. The fourth-order valence-corrected chi connectivity index (χ4v) is 2.96. The molecule has 1 atom stereocenters. The SMILES string of the molecule is CC(C)CC(O)CNC(=O)c1ccc(CSc2nccn2C)o1. The first kappa shape index (κ1) is 17.6. The summed E-state index contributed by atoms with van der Waals surface area (Å²) in [6.45, 7) is 4.29. The Kier molecular flexibility index (Phi) is 6.29. The quantitative estimate of drug-likeness (QED) is 0.723. The summed E-state index contributed by atoms with van der Waals surface area (Å²) in [4.78, 5) is 16.2. The number of carbonyl (C=O) groups excluding carboxylic acids is 1. The molecule has 0 radical (unpaired) electrons. The molecule has 2 heterocycles. The highest BCUT2D eigenvalue weighted by atomic mass is 32.2. The lowest BCUT2D eigenvalue weighted by molar-refractivity contribution is 0.0872. The second-order valence-corrected chi connectivity index (χ2v) is 6.81. The van der Waals surface area contributed by atoms with Crippen molar-refractivity contribution in [3.05, 3.63) is 36.0 Å². The Bertz CT molecular complexity index is 636. The van der Waals surface area contributed by atoms with E-state index in [1.807, 2.05) is 31.7 Å². The van der Waals surface area contributed by atoms with Gasteiger partial charge in [0, 0.05) is 26.0 Å². The van der Waals surface area contributed by atoms with Gasteiger partial charge in [0.05, 0.1) is 11.9 Å². The summed E-state index contributed by atoms with van der Waals surface area (Å²) in [5.74, 6) is 1.66. The van der Waals surface area contributed by atoms with E-state index in [1.165, 1.54) is 0 Å². The number of aliphatic hydroxyl groups excluding tert-OH is 1. The molecule has 2 N–H and O–H groups in total. The first-order valence-electron chi connectivity index (χ1n) is 7.60. The molecule has 1 amide bonds. The van der Waals surface area contributed by atoms with E-state index in [0.29, 0.717) is 23.9 Å². The van der Waals surface area contributed by atoms with Crippen molar-refractivity contribution >= 4 is 17.7 Å². The van der Waals surface area contributed by atoms with Crippen LogP contribution in [-0.4, -0.2) is 33.2 Å². The van der Waals surface area contributed by atoms with Crippen LogP contribution in [-0.2, 0) is 12.8 Å². The van der Waals surface area contributed by atoms with Crippen molar-refractivity contribution in [2.24, 2.45) is 13.0 Å². The van der Waals surface area contributed by atoms with E-state index in [9.17, 15) is 9.90 Å².